The highest BCUT2D eigenvalue weighted by atomic mass is 16.5. The fraction of sp³-hybridized carbons (Fsp3) is 0.364. The molecule has 1 aliphatic heterocycles. The van der Waals surface area contributed by atoms with Crippen molar-refractivity contribution in [1.82, 2.24) is 10.2 Å². The molecule has 3 rings (SSSR count). The molecule has 6 heteroatoms. The first-order valence-electron chi connectivity index (χ1n) is 9.36. The third kappa shape index (κ3) is 4.27. The number of benzene rings is 2. The van der Waals surface area contributed by atoms with Gasteiger partial charge in [0.05, 0.1) is 26.2 Å². The molecule has 0 radical (unpaired) electrons. The predicted molar refractivity (Wildman–Crippen MR) is 106 cm³/mol. The smallest absolute Gasteiger partial charge is 0.225 e. The van der Waals surface area contributed by atoms with Gasteiger partial charge in [0.15, 0.2) is 11.5 Å². The van der Waals surface area contributed by atoms with Gasteiger partial charge >= 0.3 is 0 Å². The van der Waals surface area contributed by atoms with Crippen LogP contribution in [0.1, 0.15) is 30.5 Å². The lowest BCUT2D eigenvalue weighted by atomic mass is 10.1. The van der Waals surface area contributed by atoms with Crippen molar-refractivity contribution in [2.75, 3.05) is 20.8 Å². The number of carbonyl (C=O) groups is 2. The van der Waals surface area contributed by atoms with Crippen LogP contribution < -0.4 is 14.8 Å². The van der Waals surface area contributed by atoms with Gasteiger partial charge in [-0.05, 0) is 30.2 Å². The van der Waals surface area contributed by atoms with Crippen molar-refractivity contribution in [2.45, 2.75) is 25.9 Å². The molecule has 1 aliphatic rings. The fourth-order valence-electron chi connectivity index (χ4n) is 3.52. The average molecular weight is 382 g/mol. The van der Waals surface area contributed by atoms with Crippen LogP contribution in [0, 0.1) is 5.92 Å². The van der Waals surface area contributed by atoms with Gasteiger partial charge in [-0.25, -0.2) is 0 Å². The Labute approximate surface area is 165 Å². The molecule has 0 spiro atoms. The highest BCUT2D eigenvalue weighted by molar-refractivity contribution is 5.89. The molecule has 1 saturated heterocycles. The summed E-state index contributed by atoms with van der Waals surface area (Å²) >= 11 is 0. The number of carbonyl (C=O) groups excluding carboxylic acids is 2. The number of methoxy groups -OCH3 is 2. The van der Waals surface area contributed by atoms with Crippen molar-refractivity contribution < 1.29 is 19.1 Å². The van der Waals surface area contributed by atoms with Gasteiger partial charge in [0.2, 0.25) is 11.8 Å². The van der Waals surface area contributed by atoms with Crippen LogP contribution in [0.25, 0.3) is 0 Å². The van der Waals surface area contributed by atoms with Crippen molar-refractivity contribution in [3.8, 4) is 11.5 Å². The molecule has 0 aromatic heterocycles. The SMILES string of the molecule is COc1ccc(CNC(=O)C2CC(=O)N(C(C)c3ccccc3)C2)cc1OC. The van der Waals surface area contributed by atoms with Gasteiger partial charge in [0.25, 0.3) is 0 Å². The summed E-state index contributed by atoms with van der Waals surface area (Å²) < 4.78 is 10.5. The summed E-state index contributed by atoms with van der Waals surface area (Å²) in [5.41, 5.74) is 1.98. The maximum absolute atomic E-state index is 12.6. The third-order valence-electron chi connectivity index (χ3n) is 5.19. The Hall–Kier alpha value is -3.02. The summed E-state index contributed by atoms with van der Waals surface area (Å²) in [5.74, 6) is 0.838. The number of hydrogen-bond acceptors (Lipinski definition) is 4. The predicted octanol–water partition coefficient (Wildman–Crippen LogP) is 2.93. The summed E-state index contributed by atoms with van der Waals surface area (Å²) in [6.45, 7) is 2.81. The van der Waals surface area contributed by atoms with Crippen LogP contribution in [0.15, 0.2) is 48.5 Å². The van der Waals surface area contributed by atoms with E-state index in [1.165, 1.54) is 0 Å². The molecule has 1 N–H and O–H groups in total. The zero-order valence-electron chi connectivity index (χ0n) is 16.5. The van der Waals surface area contributed by atoms with E-state index in [9.17, 15) is 9.59 Å². The summed E-state index contributed by atoms with van der Waals surface area (Å²) in [7, 11) is 3.16. The topological polar surface area (TPSA) is 67.9 Å². The maximum atomic E-state index is 12.6. The van der Waals surface area contributed by atoms with Gasteiger partial charge in [0, 0.05) is 19.5 Å². The van der Waals surface area contributed by atoms with Crippen LogP contribution in [-0.4, -0.2) is 37.5 Å². The first-order chi connectivity index (χ1) is 13.5. The Morgan fingerprint density at radius 2 is 1.86 bits per heavy atom. The van der Waals surface area contributed by atoms with E-state index >= 15 is 0 Å². The Kier molecular flexibility index (Phi) is 6.19. The molecule has 1 fully saturated rings. The number of ether oxygens (including phenoxy) is 2. The minimum absolute atomic E-state index is 0.0163. The molecule has 2 aromatic rings. The monoisotopic (exact) mass is 382 g/mol. The number of likely N-dealkylation sites (tertiary alicyclic amines) is 1. The Morgan fingerprint density at radius 3 is 2.54 bits per heavy atom. The van der Waals surface area contributed by atoms with Gasteiger partial charge in [0.1, 0.15) is 0 Å². The summed E-state index contributed by atoms with van der Waals surface area (Å²) in [5, 5.41) is 2.94. The molecular formula is C22H26N2O4. The van der Waals surface area contributed by atoms with Gasteiger partial charge in [-0.1, -0.05) is 36.4 Å². The molecule has 2 amide bonds. The number of nitrogens with zero attached hydrogens (tertiary/aromatic N) is 1. The molecule has 0 aliphatic carbocycles. The van der Waals surface area contributed by atoms with E-state index in [4.69, 9.17) is 9.47 Å². The van der Waals surface area contributed by atoms with E-state index in [-0.39, 0.29) is 30.2 Å². The van der Waals surface area contributed by atoms with Gasteiger partial charge in [-0.3, -0.25) is 9.59 Å². The minimum Gasteiger partial charge on any atom is -0.493 e. The van der Waals surface area contributed by atoms with Crippen molar-refractivity contribution in [1.29, 1.82) is 0 Å². The van der Waals surface area contributed by atoms with Crippen LogP contribution in [0.2, 0.25) is 0 Å². The van der Waals surface area contributed by atoms with Crippen LogP contribution in [0.4, 0.5) is 0 Å². The van der Waals surface area contributed by atoms with Gasteiger partial charge in [-0.2, -0.15) is 0 Å². The van der Waals surface area contributed by atoms with Crippen LogP contribution in [0.3, 0.4) is 0 Å². The van der Waals surface area contributed by atoms with Crippen LogP contribution in [-0.2, 0) is 16.1 Å². The Balaban J connectivity index is 1.59. The van der Waals surface area contributed by atoms with Gasteiger partial charge < -0.3 is 19.7 Å². The molecule has 28 heavy (non-hydrogen) atoms. The van der Waals surface area contributed by atoms with Crippen molar-refractivity contribution in [3.63, 3.8) is 0 Å². The first kappa shape index (κ1) is 19.7. The lowest BCUT2D eigenvalue weighted by Crippen LogP contribution is -2.33. The summed E-state index contributed by atoms with van der Waals surface area (Å²) in [6.07, 6.45) is 0.245. The number of hydrogen-bond donors (Lipinski definition) is 1. The number of nitrogens with one attached hydrogen (secondary N) is 1. The normalized spacial score (nSPS) is 17.3. The van der Waals surface area contributed by atoms with E-state index in [0.29, 0.717) is 24.6 Å². The fourth-order valence-corrected chi connectivity index (χ4v) is 3.52. The molecule has 0 saturated carbocycles. The molecule has 1 heterocycles. The zero-order chi connectivity index (χ0) is 20.1. The summed E-state index contributed by atoms with van der Waals surface area (Å²) in [6, 6.07) is 15.4. The van der Waals surface area contributed by atoms with Crippen molar-refractivity contribution in [3.05, 3.63) is 59.7 Å². The van der Waals surface area contributed by atoms with E-state index in [1.54, 1.807) is 19.1 Å². The standard InChI is InChI=1S/C22H26N2O4/c1-15(17-7-5-4-6-8-17)24-14-18(12-21(24)25)22(26)23-13-16-9-10-19(27-2)20(11-16)28-3/h4-11,15,18H,12-14H2,1-3H3,(H,23,26). The van der Waals surface area contributed by atoms with E-state index in [1.807, 2.05) is 55.5 Å². The lowest BCUT2D eigenvalue weighted by Gasteiger charge is -2.25. The second kappa shape index (κ2) is 8.78. The lowest BCUT2D eigenvalue weighted by molar-refractivity contribution is -0.130. The maximum Gasteiger partial charge on any atom is 0.225 e. The first-order valence-corrected chi connectivity index (χ1v) is 9.36. The molecule has 2 aromatic carbocycles. The molecule has 2 unspecified atom stereocenters. The van der Waals surface area contributed by atoms with Gasteiger partial charge in [-0.15, -0.1) is 0 Å². The zero-order valence-corrected chi connectivity index (χ0v) is 16.5. The van der Waals surface area contributed by atoms with Crippen LogP contribution in [0.5, 0.6) is 11.5 Å². The molecule has 148 valence electrons. The highest BCUT2D eigenvalue weighted by Gasteiger charge is 2.36. The molecular weight excluding hydrogens is 356 g/mol. The quantitative estimate of drug-likeness (QED) is 0.800. The Bertz CT molecular complexity index is 838. The minimum atomic E-state index is -0.334. The average Bonchev–Trinajstić information content (AvgIpc) is 3.13. The largest absolute Gasteiger partial charge is 0.493 e. The van der Waals surface area contributed by atoms with E-state index < -0.39 is 0 Å². The molecule has 2 atom stereocenters. The van der Waals surface area contributed by atoms with Crippen molar-refractivity contribution in [2.24, 2.45) is 5.92 Å². The highest BCUT2D eigenvalue weighted by Crippen LogP contribution is 2.29. The Morgan fingerprint density at radius 1 is 1.14 bits per heavy atom. The van der Waals surface area contributed by atoms with E-state index in [2.05, 4.69) is 5.32 Å². The second-order valence-corrected chi connectivity index (χ2v) is 6.94. The van der Waals surface area contributed by atoms with Crippen LogP contribution >= 0.6 is 0 Å². The van der Waals surface area contributed by atoms with Crippen molar-refractivity contribution >= 4 is 11.8 Å². The third-order valence-corrected chi connectivity index (χ3v) is 5.19. The second-order valence-electron chi connectivity index (χ2n) is 6.94. The molecule has 6 nitrogen and oxygen atoms in total. The number of rotatable bonds is 7. The molecule has 0 bridgehead atoms. The van der Waals surface area contributed by atoms with E-state index in [0.717, 1.165) is 11.1 Å². The number of amides is 2. The summed E-state index contributed by atoms with van der Waals surface area (Å²) in [4.78, 5) is 26.8.